The first-order valence-electron chi connectivity index (χ1n) is 5.89. The van der Waals surface area contributed by atoms with Crippen LogP contribution in [0.15, 0.2) is 0 Å². The summed E-state index contributed by atoms with van der Waals surface area (Å²) < 4.78 is 10.4. The average molecular weight is 243 g/mol. The number of aliphatic carboxylic acids is 1. The number of carbonyl (C=O) groups is 2. The fraction of sp³-hybridized carbons (Fsp3) is 0.818. The van der Waals surface area contributed by atoms with Crippen LogP contribution in [0, 0.1) is 5.92 Å². The molecule has 2 atom stereocenters. The minimum Gasteiger partial charge on any atom is -0.480 e. The molecule has 6 heteroatoms. The molecule has 6 nitrogen and oxygen atoms in total. The van der Waals surface area contributed by atoms with Gasteiger partial charge >= 0.3 is 5.97 Å². The normalized spacial score (nSPS) is 30.0. The van der Waals surface area contributed by atoms with Gasteiger partial charge in [-0.3, -0.25) is 4.79 Å². The second-order valence-electron chi connectivity index (χ2n) is 4.37. The Hall–Kier alpha value is -1.14. The smallest absolute Gasteiger partial charge is 0.328 e. The molecule has 0 saturated carbocycles. The number of hydrogen-bond donors (Lipinski definition) is 1. The van der Waals surface area contributed by atoms with Crippen molar-refractivity contribution in [1.29, 1.82) is 0 Å². The minimum absolute atomic E-state index is 0.0780. The van der Waals surface area contributed by atoms with Crippen molar-refractivity contribution in [1.82, 2.24) is 4.90 Å². The standard InChI is InChI=1S/C11H17NO5/c13-10(8-2-1-4-16-6-8)12-3-5-17-7-9(12)11(14)15/h8-9H,1-7H2,(H,14,15)/t8-,9+/m1/s1. The lowest BCUT2D eigenvalue weighted by Gasteiger charge is -2.36. The molecule has 2 heterocycles. The summed E-state index contributed by atoms with van der Waals surface area (Å²) in [6.07, 6.45) is 1.64. The van der Waals surface area contributed by atoms with Gasteiger partial charge in [-0.2, -0.15) is 0 Å². The lowest BCUT2D eigenvalue weighted by molar-refractivity contribution is -0.162. The Morgan fingerprint density at radius 2 is 1.94 bits per heavy atom. The van der Waals surface area contributed by atoms with Crippen LogP contribution in [0.4, 0.5) is 0 Å². The Bertz CT molecular complexity index is 300. The van der Waals surface area contributed by atoms with Crippen LogP contribution >= 0.6 is 0 Å². The highest BCUT2D eigenvalue weighted by molar-refractivity contribution is 5.85. The van der Waals surface area contributed by atoms with Crippen LogP contribution < -0.4 is 0 Å². The van der Waals surface area contributed by atoms with E-state index in [9.17, 15) is 9.59 Å². The van der Waals surface area contributed by atoms with Crippen LogP contribution in [0.25, 0.3) is 0 Å². The minimum atomic E-state index is -1.00. The second kappa shape index (κ2) is 5.46. The number of ether oxygens (including phenoxy) is 2. The van der Waals surface area contributed by atoms with Gasteiger partial charge in [-0.25, -0.2) is 4.79 Å². The quantitative estimate of drug-likeness (QED) is 0.722. The number of carboxylic acid groups (broad SMARTS) is 1. The summed E-state index contributed by atoms with van der Waals surface area (Å²) in [5, 5.41) is 9.05. The monoisotopic (exact) mass is 243 g/mol. The van der Waals surface area contributed by atoms with Gasteiger partial charge in [-0.15, -0.1) is 0 Å². The zero-order valence-corrected chi connectivity index (χ0v) is 9.63. The van der Waals surface area contributed by atoms with E-state index < -0.39 is 12.0 Å². The Kier molecular flexibility index (Phi) is 3.96. The second-order valence-corrected chi connectivity index (χ2v) is 4.37. The number of carbonyl (C=O) groups excluding carboxylic acids is 1. The fourth-order valence-electron chi connectivity index (χ4n) is 2.24. The first-order valence-corrected chi connectivity index (χ1v) is 5.89. The van der Waals surface area contributed by atoms with Gasteiger partial charge in [-0.05, 0) is 12.8 Å². The van der Waals surface area contributed by atoms with Crippen LogP contribution in [0.1, 0.15) is 12.8 Å². The molecular formula is C11H17NO5. The summed E-state index contributed by atoms with van der Waals surface area (Å²) >= 11 is 0. The van der Waals surface area contributed by atoms with Gasteiger partial charge in [0.2, 0.25) is 5.91 Å². The summed E-state index contributed by atoms with van der Waals surface area (Å²) in [5.74, 6) is -1.31. The SMILES string of the molecule is O=C(O)[C@@H]1COCCN1C(=O)[C@@H]1CCCOC1. The molecule has 2 fully saturated rings. The van der Waals surface area contributed by atoms with E-state index >= 15 is 0 Å². The maximum absolute atomic E-state index is 12.2. The van der Waals surface area contributed by atoms with Gasteiger partial charge in [-0.1, -0.05) is 0 Å². The van der Waals surface area contributed by atoms with Gasteiger partial charge < -0.3 is 19.5 Å². The third kappa shape index (κ3) is 2.76. The largest absolute Gasteiger partial charge is 0.480 e. The fourth-order valence-corrected chi connectivity index (χ4v) is 2.24. The van der Waals surface area contributed by atoms with Crippen LogP contribution in [0.5, 0.6) is 0 Å². The molecule has 1 amide bonds. The van der Waals surface area contributed by atoms with Gasteiger partial charge in [0.05, 0.1) is 25.7 Å². The van der Waals surface area contributed by atoms with E-state index in [1.165, 1.54) is 4.90 Å². The molecule has 0 aromatic carbocycles. The third-order valence-corrected chi connectivity index (χ3v) is 3.21. The molecule has 2 rings (SSSR count). The predicted molar refractivity (Wildman–Crippen MR) is 57.5 cm³/mol. The number of carboxylic acids is 1. The van der Waals surface area contributed by atoms with E-state index in [1.807, 2.05) is 0 Å². The first kappa shape index (κ1) is 12.3. The van der Waals surface area contributed by atoms with Crippen molar-refractivity contribution in [3.63, 3.8) is 0 Å². The summed E-state index contributed by atoms with van der Waals surface area (Å²) in [6.45, 7) is 1.93. The molecule has 0 aromatic rings. The van der Waals surface area contributed by atoms with E-state index in [2.05, 4.69) is 0 Å². The summed E-state index contributed by atoms with van der Waals surface area (Å²) in [6, 6.07) is -0.849. The van der Waals surface area contributed by atoms with E-state index in [4.69, 9.17) is 14.6 Å². The molecule has 0 spiro atoms. The first-order chi connectivity index (χ1) is 8.20. The summed E-state index contributed by atoms with van der Waals surface area (Å²) in [7, 11) is 0. The number of morpholine rings is 1. The molecule has 0 unspecified atom stereocenters. The highest BCUT2D eigenvalue weighted by atomic mass is 16.5. The topological polar surface area (TPSA) is 76.1 Å². The Balaban J connectivity index is 2.02. The van der Waals surface area contributed by atoms with Gasteiger partial charge in [0.15, 0.2) is 6.04 Å². The Morgan fingerprint density at radius 3 is 2.59 bits per heavy atom. The van der Waals surface area contributed by atoms with Gasteiger partial charge in [0.25, 0.3) is 0 Å². The molecule has 2 saturated heterocycles. The van der Waals surface area contributed by atoms with Crippen molar-refractivity contribution >= 4 is 11.9 Å². The molecule has 0 aliphatic carbocycles. The summed E-state index contributed by atoms with van der Waals surface area (Å²) in [5.41, 5.74) is 0. The highest BCUT2D eigenvalue weighted by Crippen LogP contribution is 2.19. The lowest BCUT2D eigenvalue weighted by atomic mass is 9.99. The van der Waals surface area contributed by atoms with Crippen molar-refractivity contribution in [2.75, 3.05) is 33.0 Å². The Morgan fingerprint density at radius 1 is 1.18 bits per heavy atom. The molecule has 0 radical (unpaired) electrons. The van der Waals surface area contributed by atoms with Crippen LogP contribution in [-0.4, -0.2) is 60.9 Å². The van der Waals surface area contributed by atoms with Crippen molar-refractivity contribution in [2.24, 2.45) is 5.92 Å². The molecule has 0 aromatic heterocycles. The maximum Gasteiger partial charge on any atom is 0.328 e. The number of nitrogens with zero attached hydrogens (tertiary/aromatic N) is 1. The van der Waals surface area contributed by atoms with Crippen molar-refractivity contribution in [3.8, 4) is 0 Å². The number of amides is 1. The molecule has 1 N–H and O–H groups in total. The maximum atomic E-state index is 12.2. The molecule has 96 valence electrons. The number of hydrogen-bond acceptors (Lipinski definition) is 4. The Labute approximate surface area is 99.5 Å². The molecule has 17 heavy (non-hydrogen) atoms. The molecular weight excluding hydrogens is 226 g/mol. The predicted octanol–water partition coefficient (Wildman–Crippen LogP) is -0.275. The average Bonchev–Trinajstić information content (AvgIpc) is 2.39. The van der Waals surface area contributed by atoms with Crippen molar-refractivity contribution in [3.05, 3.63) is 0 Å². The van der Waals surface area contributed by atoms with E-state index in [1.54, 1.807) is 0 Å². The van der Waals surface area contributed by atoms with E-state index in [-0.39, 0.29) is 18.4 Å². The van der Waals surface area contributed by atoms with Crippen LogP contribution in [0.2, 0.25) is 0 Å². The van der Waals surface area contributed by atoms with Crippen molar-refractivity contribution in [2.45, 2.75) is 18.9 Å². The lowest BCUT2D eigenvalue weighted by Crippen LogP contribution is -2.55. The van der Waals surface area contributed by atoms with E-state index in [0.29, 0.717) is 26.4 Å². The molecule has 0 bridgehead atoms. The third-order valence-electron chi connectivity index (χ3n) is 3.21. The van der Waals surface area contributed by atoms with Crippen molar-refractivity contribution < 1.29 is 24.2 Å². The van der Waals surface area contributed by atoms with E-state index in [0.717, 1.165) is 12.8 Å². The number of rotatable bonds is 2. The summed E-state index contributed by atoms with van der Waals surface area (Å²) in [4.78, 5) is 24.7. The van der Waals surface area contributed by atoms with Gasteiger partial charge in [0, 0.05) is 13.2 Å². The van der Waals surface area contributed by atoms with Crippen LogP contribution in [-0.2, 0) is 19.1 Å². The van der Waals surface area contributed by atoms with Gasteiger partial charge in [0.1, 0.15) is 0 Å². The van der Waals surface area contributed by atoms with Crippen LogP contribution in [0.3, 0.4) is 0 Å². The zero-order valence-electron chi connectivity index (χ0n) is 9.63. The molecule has 2 aliphatic rings. The molecule has 2 aliphatic heterocycles. The highest BCUT2D eigenvalue weighted by Gasteiger charge is 2.36. The zero-order chi connectivity index (χ0) is 12.3.